The average molecular weight is 383 g/mol. The Bertz CT molecular complexity index is 1040. The van der Waals surface area contributed by atoms with E-state index in [-0.39, 0.29) is 5.91 Å². The molecule has 0 saturated heterocycles. The SMILES string of the molecule is C=C(CN1CCc2ccccc2C1)c1ccc(C(=O)Nc2ccccc2N)cc1. The first-order valence-corrected chi connectivity index (χ1v) is 9.83. The van der Waals surface area contributed by atoms with Gasteiger partial charge in [0, 0.05) is 25.2 Å². The standard InChI is InChI=1S/C25H25N3O/c1-18(16-28-15-14-20-6-2-3-7-22(20)17-28)19-10-12-21(13-11-19)25(29)27-24-9-5-4-8-23(24)26/h2-13H,1,14-17,26H2,(H,27,29). The summed E-state index contributed by atoms with van der Waals surface area (Å²) in [5, 5.41) is 2.86. The Morgan fingerprint density at radius 2 is 1.59 bits per heavy atom. The number of benzene rings is 3. The Labute approximate surface area is 171 Å². The molecule has 3 aromatic carbocycles. The zero-order chi connectivity index (χ0) is 20.2. The second-order valence-electron chi connectivity index (χ2n) is 7.45. The number of fused-ring (bicyclic) bond motifs is 1. The highest BCUT2D eigenvalue weighted by Crippen LogP contribution is 2.22. The van der Waals surface area contributed by atoms with E-state index in [1.165, 1.54) is 11.1 Å². The highest BCUT2D eigenvalue weighted by atomic mass is 16.1. The smallest absolute Gasteiger partial charge is 0.255 e. The maximum atomic E-state index is 12.5. The molecule has 0 fully saturated rings. The van der Waals surface area contributed by atoms with Crippen molar-refractivity contribution in [3.63, 3.8) is 0 Å². The van der Waals surface area contributed by atoms with Crippen LogP contribution in [-0.2, 0) is 13.0 Å². The lowest BCUT2D eigenvalue weighted by Gasteiger charge is -2.29. The maximum Gasteiger partial charge on any atom is 0.255 e. The summed E-state index contributed by atoms with van der Waals surface area (Å²) in [6, 6.07) is 23.5. The monoisotopic (exact) mass is 383 g/mol. The molecule has 0 bridgehead atoms. The first-order chi connectivity index (χ1) is 14.1. The Morgan fingerprint density at radius 3 is 2.34 bits per heavy atom. The zero-order valence-corrected chi connectivity index (χ0v) is 16.4. The van der Waals surface area contributed by atoms with Crippen LogP contribution in [-0.4, -0.2) is 23.9 Å². The Balaban J connectivity index is 1.38. The molecule has 0 radical (unpaired) electrons. The summed E-state index contributed by atoms with van der Waals surface area (Å²) in [7, 11) is 0. The number of hydrogen-bond acceptors (Lipinski definition) is 3. The van der Waals surface area contributed by atoms with Gasteiger partial charge in [0.2, 0.25) is 0 Å². The van der Waals surface area contributed by atoms with E-state index in [4.69, 9.17) is 5.73 Å². The van der Waals surface area contributed by atoms with Crippen LogP contribution in [0.15, 0.2) is 79.4 Å². The predicted octanol–water partition coefficient (Wildman–Crippen LogP) is 4.59. The minimum Gasteiger partial charge on any atom is -0.397 e. The molecule has 1 aliphatic rings. The predicted molar refractivity (Wildman–Crippen MR) is 120 cm³/mol. The molecule has 0 aromatic heterocycles. The van der Waals surface area contributed by atoms with Crippen LogP contribution in [0.2, 0.25) is 0 Å². The van der Waals surface area contributed by atoms with Crippen molar-refractivity contribution in [1.82, 2.24) is 4.90 Å². The summed E-state index contributed by atoms with van der Waals surface area (Å²) < 4.78 is 0. The van der Waals surface area contributed by atoms with Crippen molar-refractivity contribution in [3.8, 4) is 0 Å². The van der Waals surface area contributed by atoms with Crippen LogP contribution in [0.25, 0.3) is 5.57 Å². The van der Waals surface area contributed by atoms with Crippen molar-refractivity contribution in [3.05, 3.63) is 102 Å². The molecule has 1 aliphatic heterocycles. The Morgan fingerprint density at radius 1 is 0.931 bits per heavy atom. The Hall–Kier alpha value is -3.37. The van der Waals surface area contributed by atoms with E-state index in [0.29, 0.717) is 16.9 Å². The van der Waals surface area contributed by atoms with Crippen molar-refractivity contribution in [2.75, 3.05) is 24.1 Å². The molecule has 3 aromatic rings. The van der Waals surface area contributed by atoms with Gasteiger partial charge < -0.3 is 11.1 Å². The van der Waals surface area contributed by atoms with Crippen LogP contribution in [0, 0.1) is 0 Å². The molecule has 0 aliphatic carbocycles. The van der Waals surface area contributed by atoms with Crippen LogP contribution >= 0.6 is 0 Å². The van der Waals surface area contributed by atoms with Gasteiger partial charge in [-0.1, -0.05) is 55.1 Å². The molecule has 29 heavy (non-hydrogen) atoms. The molecular formula is C25H25N3O. The van der Waals surface area contributed by atoms with Gasteiger partial charge in [-0.3, -0.25) is 9.69 Å². The quantitative estimate of drug-likeness (QED) is 0.634. The molecule has 0 spiro atoms. The lowest BCUT2D eigenvalue weighted by Crippen LogP contribution is -2.31. The van der Waals surface area contributed by atoms with Crippen LogP contribution < -0.4 is 11.1 Å². The average Bonchev–Trinajstić information content (AvgIpc) is 2.75. The molecule has 0 unspecified atom stereocenters. The fraction of sp³-hybridized carbons (Fsp3) is 0.160. The van der Waals surface area contributed by atoms with Gasteiger partial charge in [0.05, 0.1) is 11.4 Å². The fourth-order valence-corrected chi connectivity index (χ4v) is 3.71. The third-order valence-electron chi connectivity index (χ3n) is 5.39. The van der Waals surface area contributed by atoms with Crippen molar-refractivity contribution in [1.29, 1.82) is 0 Å². The number of nitrogens with one attached hydrogen (secondary N) is 1. The number of anilines is 2. The number of hydrogen-bond donors (Lipinski definition) is 2. The van der Waals surface area contributed by atoms with Crippen LogP contribution in [0.4, 0.5) is 11.4 Å². The minimum absolute atomic E-state index is 0.173. The first-order valence-electron chi connectivity index (χ1n) is 9.83. The summed E-state index contributed by atoms with van der Waals surface area (Å²) in [6.45, 7) is 7.08. The number of nitrogens with two attached hydrogens (primary N) is 1. The molecule has 146 valence electrons. The second-order valence-corrected chi connectivity index (χ2v) is 7.45. The molecule has 1 heterocycles. The molecular weight excluding hydrogens is 358 g/mol. The van der Waals surface area contributed by atoms with Gasteiger partial charge in [0.25, 0.3) is 5.91 Å². The summed E-state index contributed by atoms with van der Waals surface area (Å²) >= 11 is 0. The van der Waals surface area contributed by atoms with E-state index in [1.54, 1.807) is 12.1 Å². The highest BCUT2D eigenvalue weighted by molar-refractivity contribution is 6.05. The van der Waals surface area contributed by atoms with Gasteiger partial charge in [0.15, 0.2) is 0 Å². The molecule has 1 amide bonds. The van der Waals surface area contributed by atoms with Gasteiger partial charge in [-0.2, -0.15) is 0 Å². The molecule has 0 saturated carbocycles. The topological polar surface area (TPSA) is 58.4 Å². The van der Waals surface area contributed by atoms with Crippen molar-refractivity contribution in [2.45, 2.75) is 13.0 Å². The normalized spacial score (nSPS) is 13.5. The largest absolute Gasteiger partial charge is 0.397 e. The number of amides is 1. The Kier molecular flexibility index (Phi) is 5.45. The van der Waals surface area contributed by atoms with E-state index in [0.717, 1.165) is 37.2 Å². The van der Waals surface area contributed by atoms with E-state index in [2.05, 4.69) is 41.1 Å². The number of carbonyl (C=O) groups is 1. The number of nitrogens with zero attached hydrogens (tertiary/aromatic N) is 1. The van der Waals surface area contributed by atoms with Gasteiger partial charge in [0.1, 0.15) is 0 Å². The number of nitrogen functional groups attached to an aromatic ring is 1. The minimum atomic E-state index is -0.173. The molecule has 4 nitrogen and oxygen atoms in total. The highest BCUT2D eigenvalue weighted by Gasteiger charge is 2.16. The molecule has 3 N–H and O–H groups in total. The maximum absolute atomic E-state index is 12.5. The lowest BCUT2D eigenvalue weighted by atomic mass is 9.98. The third-order valence-corrected chi connectivity index (χ3v) is 5.39. The van der Waals surface area contributed by atoms with Crippen molar-refractivity contribution in [2.24, 2.45) is 0 Å². The zero-order valence-electron chi connectivity index (χ0n) is 16.4. The number of rotatable bonds is 5. The van der Waals surface area contributed by atoms with Gasteiger partial charge in [-0.05, 0) is 52.9 Å². The fourth-order valence-electron chi connectivity index (χ4n) is 3.71. The van der Waals surface area contributed by atoms with Crippen LogP contribution in [0.3, 0.4) is 0 Å². The van der Waals surface area contributed by atoms with Gasteiger partial charge in [-0.15, -0.1) is 0 Å². The first kappa shape index (κ1) is 19.0. The third kappa shape index (κ3) is 4.39. The molecule has 4 rings (SSSR count). The molecule has 0 atom stereocenters. The van der Waals surface area contributed by atoms with E-state index in [1.807, 2.05) is 36.4 Å². The summed E-state index contributed by atoms with van der Waals surface area (Å²) in [5.41, 5.74) is 12.6. The second kappa shape index (κ2) is 8.33. The summed E-state index contributed by atoms with van der Waals surface area (Å²) in [4.78, 5) is 14.9. The van der Waals surface area contributed by atoms with Gasteiger partial charge >= 0.3 is 0 Å². The summed E-state index contributed by atoms with van der Waals surface area (Å²) in [6.07, 6.45) is 1.07. The summed E-state index contributed by atoms with van der Waals surface area (Å²) in [5.74, 6) is -0.173. The number of para-hydroxylation sites is 2. The van der Waals surface area contributed by atoms with E-state index >= 15 is 0 Å². The lowest BCUT2D eigenvalue weighted by molar-refractivity contribution is 0.102. The van der Waals surface area contributed by atoms with Crippen molar-refractivity contribution >= 4 is 22.9 Å². The van der Waals surface area contributed by atoms with E-state index < -0.39 is 0 Å². The number of carbonyl (C=O) groups excluding carboxylic acids is 1. The van der Waals surface area contributed by atoms with Crippen LogP contribution in [0.5, 0.6) is 0 Å². The van der Waals surface area contributed by atoms with Crippen LogP contribution in [0.1, 0.15) is 27.0 Å². The van der Waals surface area contributed by atoms with Crippen molar-refractivity contribution < 1.29 is 4.79 Å². The molecule has 4 heteroatoms. The van der Waals surface area contributed by atoms with E-state index in [9.17, 15) is 4.79 Å². The van der Waals surface area contributed by atoms with Gasteiger partial charge in [-0.25, -0.2) is 0 Å².